The normalized spacial score (nSPS) is 12.1. The van der Waals surface area contributed by atoms with Gasteiger partial charge in [0.2, 0.25) is 0 Å². The molecule has 1 heterocycles. The molecular weight excluding hydrogens is 313 g/mol. The Morgan fingerprint density at radius 1 is 1.48 bits per heavy atom. The molecule has 0 spiro atoms. The fraction of sp³-hybridized carbons (Fsp3) is 0.267. The molecule has 0 radical (unpaired) electrons. The highest BCUT2D eigenvalue weighted by molar-refractivity contribution is 7.09. The molecule has 0 aliphatic rings. The molecule has 2 rings (SSSR count). The Morgan fingerprint density at radius 3 is 2.90 bits per heavy atom. The van der Waals surface area contributed by atoms with Crippen molar-refractivity contribution in [2.75, 3.05) is 6.61 Å². The molecule has 1 aromatic carbocycles. The second kappa shape index (κ2) is 7.54. The van der Waals surface area contributed by atoms with E-state index in [-0.39, 0.29) is 11.6 Å². The van der Waals surface area contributed by atoms with Gasteiger partial charge in [-0.25, -0.2) is 9.18 Å². The van der Waals surface area contributed by atoms with Gasteiger partial charge in [-0.2, -0.15) is 0 Å². The minimum absolute atomic E-state index is 0.0274. The van der Waals surface area contributed by atoms with Crippen LogP contribution in [0.25, 0.3) is 0 Å². The number of nitrogens with one attached hydrogen (secondary N) is 1. The summed E-state index contributed by atoms with van der Waals surface area (Å²) in [5.41, 5.74) is 0.493. The lowest BCUT2D eigenvalue weighted by Gasteiger charge is -2.17. The molecule has 1 atom stereocenters. The number of carbonyl (C=O) groups excluding carboxylic acids is 1. The van der Waals surface area contributed by atoms with Crippen molar-refractivity contribution in [1.29, 1.82) is 0 Å². The van der Waals surface area contributed by atoms with Crippen molar-refractivity contribution in [3.8, 4) is 0 Å². The van der Waals surface area contributed by atoms with Crippen LogP contribution in [0, 0.1) is 5.82 Å². The third-order valence-electron chi connectivity index (χ3n) is 2.86. The number of hydrogen-bond acceptors (Lipinski definition) is 4. The molecule has 1 N–H and O–H groups in total. The average molecular weight is 328 g/mol. The predicted molar refractivity (Wildman–Crippen MR) is 81.9 cm³/mol. The van der Waals surface area contributed by atoms with Gasteiger partial charge in [-0.05, 0) is 36.1 Å². The van der Waals surface area contributed by atoms with Gasteiger partial charge in [-0.3, -0.25) is 5.32 Å². The van der Waals surface area contributed by atoms with Crippen molar-refractivity contribution >= 4 is 28.9 Å². The number of rotatable bonds is 6. The standard InChI is InChI=1S/C15H15ClFNO2S/c1-2-20-15(19)14(18-9-11-4-3-7-21-11)10-5-6-12(16)13(17)8-10/h3-8,14,18H,2,9H2,1H3. The van der Waals surface area contributed by atoms with Crippen LogP contribution in [0.4, 0.5) is 4.39 Å². The Morgan fingerprint density at radius 2 is 2.29 bits per heavy atom. The molecule has 0 aliphatic heterocycles. The number of ether oxygens (including phenoxy) is 1. The molecule has 21 heavy (non-hydrogen) atoms. The zero-order valence-electron chi connectivity index (χ0n) is 11.4. The summed E-state index contributed by atoms with van der Waals surface area (Å²) in [7, 11) is 0. The van der Waals surface area contributed by atoms with Crippen molar-refractivity contribution in [1.82, 2.24) is 5.32 Å². The van der Waals surface area contributed by atoms with E-state index >= 15 is 0 Å². The first kappa shape index (κ1) is 15.9. The summed E-state index contributed by atoms with van der Waals surface area (Å²) >= 11 is 7.26. The lowest BCUT2D eigenvalue weighted by molar-refractivity contribution is -0.145. The van der Waals surface area contributed by atoms with E-state index in [2.05, 4.69) is 5.32 Å². The predicted octanol–water partition coefficient (Wildman–Crippen LogP) is 3.93. The second-order valence-electron chi connectivity index (χ2n) is 4.32. The van der Waals surface area contributed by atoms with Crippen LogP contribution in [-0.4, -0.2) is 12.6 Å². The largest absolute Gasteiger partial charge is 0.465 e. The Hall–Kier alpha value is -1.43. The minimum Gasteiger partial charge on any atom is -0.465 e. The molecule has 0 bridgehead atoms. The van der Waals surface area contributed by atoms with Gasteiger partial charge in [-0.15, -0.1) is 11.3 Å². The zero-order valence-corrected chi connectivity index (χ0v) is 13.0. The van der Waals surface area contributed by atoms with Gasteiger partial charge in [0.25, 0.3) is 0 Å². The number of hydrogen-bond donors (Lipinski definition) is 1. The van der Waals surface area contributed by atoms with Crippen molar-refractivity contribution in [3.63, 3.8) is 0 Å². The van der Waals surface area contributed by atoms with E-state index in [1.54, 1.807) is 24.3 Å². The van der Waals surface area contributed by atoms with Crippen LogP contribution in [0.2, 0.25) is 5.02 Å². The van der Waals surface area contributed by atoms with E-state index < -0.39 is 17.8 Å². The van der Waals surface area contributed by atoms with E-state index in [9.17, 15) is 9.18 Å². The fourth-order valence-corrected chi connectivity index (χ4v) is 2.64. The Kier molecular flexibility index (Phi) is 5.73. The van der Waals surface area contributed by atoms with Gasteiger partial charge in [0.05, 0.1) is 11.6 Å². The fourth-order valence-electron chi connectivity index (χ4n) is 1.87. The quantitative estimate of drug-likeness (QED) is 0.817. The summed E-state index contributed by atoms with van der Waals surface area (Å²) in [6, 6.07) is 7.48. The molecule has 0 saturated heterocycles. The van der Waals surface area contributed by atoms with Gasteiger partial charge in [0, 0.05) is 11.4 Å². The molecule has 1 aromatic heterocycles. The topological polar surface area (TPSA) is 38.3 Å². The second-order valence-corrected chi connectivity index (χ2v) is 5.76. The van der Waals surface area contributed by atoms with Crippen LogP contribution in [-0.2, 0) is 16.1 Å². The van der Waals surface area contributed by atoms with Crippen LogP contribution in [0.3, 0.4) is 0 Å². The zero-order chi connectivity index (χ0) is 15.2. The average Bonchev–Trinajstić information content (AvgIpc) is 2.96. The lowest BCUT2D eigenvalue weighted by atomic mass is 10.1. The monoisotopic (exact) mass is 327 g/mol. The first-order valence-electron chi connectivity index (χ1n) is 6.49. The molecule has 3 nitrogen and oxygen atoms in total. The van der Waals surface area contributed by atoms with Crippen LogP contribution in [0.5, 0.6) is 0 Å². The van der Waals surface area contributed by atoms with Crippen LogP contribution in [0.1, 0.15) is 23.4 Å². The van der Waals surface area contributed by atoms with E-state index in [1.165, 1.54) is 12.1 Å². The van der Waals surface area contributed by atoms with Crippen LogP contribution >= 0.6 is 22.9 Å². The Bertz CT molecular complexity index is 604. The maximum Gasteiger partial charge on any atom is 0.327 e. The maximum atomic E-state index is 13.6. The first-order chi connectivity index (χ1) is 10.1. The number of halogens is 2. The molecular formula is C15H15ClFNO2S. The van der Waals surface area contributed by atoms with Gasteiger partial charge in [0.1, 0.15) is 11.9 Å². The number of thiophene rings is 1. The molecule has 1 unspecified atom stereocenters. The van der Waals surface area contributed by atoms with Gasteiger partial charge < -0.3 is 4.74 Å². The summed E-state index contributed by atoms with van der Waals surface area (Å²) in [4.78, 5) is 13.1. The third-order valence-corrected chi connectivity index (χ3v) is 4.04. The summed E-state index contributed by atoms with van der Waals surface area (Å²) in [5.74, 6) is -0.989. The number of benzene rings is 1. The highest BCUT2D eigenvalue weighted by Crippen LogP contribution is 2.22. The lowest BCUT2D eigenvalue weighted by Crippen LogP contribution is -2.29. The molecule has 2 aromatic rings. The minimum atomic E-state index is -0.723. The van der Waals surface area contributed by atoms with Crippen LogP contribution in [0.15, 0.2) is 35.7 Å². The molecule has 0 saturated carbocycles. The van der Waals surface area contributed by atoms with Crippen LogP contribution < -0.4 is 5.32 Å². The van der Waals surface area contributed by atoms with Crippen molar-refractivity contribution in [2.24, 2.45) is 0 Å². The van der Waals surface area contributed by atoms with E-state index in [1.807, 2.05) is 17.5 Å². The SMILES string of the molecule is CCOC(=O)C(NCc1cccs1)c1ccc(Cl)c(F)c1. The van der Waals surface area contributed by atoms with E-state index in [4.69, 9.17) is 16.3 Å². The van der Waals surface area contributed by atoms with E-state index in [0.717, 1.165) is 4.88 Å². The number of esters is 1. The van der Waals surface area contributed by atoms with Gasteiger partial charge >= 0.3 is 5.97 Å². The summed E-state index contributed by atoms with van der Waals surface area (Å²) < 4.78 is 18.6. The summed E-state index contributed by atoms with van der Waals surface area (Å²) in [6.45, 7) is 2.51. The first-order valence-corrected chi connectivity index (χ1v) is 7.75. The van der Waals surface area contributed by atoms with Gasteiger partial charge in [0.15, 0.2) is 0 Å². The summed E-state index contributed by atoms with van der Waals surface area (Å²) in [5, 5.41) is 5.08. The maximum absolute atomic E-state index is 13.6. The molecule has 0 fully saturated rings. The molecule has 0 aliphatic carbocycles. The Labute approximate surface area is 131 Å². The van der Waals surface area contributed by atoms with Crippen molar-refractivity contribution in [3.05, 3.63) is 57.0 Å². The molecule has 0 amide bonds. The smallest absolute Gasteiger partial charge is 0.327 e. The third kappa shape index (κ3) is 4.27. The van der Waals surface area contributed by atoms with Gasteiger partial charge in [-0.1, -0.05) is 23.7 Å². The molecule has 112 valence electrons. The Balaban J connectivity index is 2.18. The van der Waals surface area contributed by atoms with Crippen molar-refractivity contribution < 1.29 is 13.9 Å². The highest BCUT2D eigenvalue weighted by Gasteiger charge is 2.22. The molecule has 6 heteroatoms. The van der Waals surface area contributed by atoms with Crippen molar-refractivity contribution in [2.45, 2.75) is 19.5 Å². The number of carbonyl (C=O) groups is 1. The van der Waals surface area contributed by atoms with E-state index in [0.29, 0.717) is 12.1 Å². The highest BCUT2D eigenvalue weighted by atomic mass is 35.5. The summed E-state index contributed by atoms with van der Waals surface area (Å²) in [6.07, 6.45) is 0.